The molecule has 5 rings (SSSR count). The van der Waals surface area contributed by atoms with Crippen molar-refractivity contribution in [3.8, 4) is 5.75 Å². The lowest BCUT2D eigenvalue weighted by Gasteiger charge is -2.45. The van der Waals surface area contributed by atoms with Crippen LogP contribution in [-0.2, 0) is 11.3 Å². The van der Waals surface area contributed by atoms with Crippen LogP contribution in [0.2, 0.25) is 5.02 Å². The Morgan fingerprint density at radius 2 is 1.91 bits per heavy atom. The van der Waals surface area contributed by atoms with Gasteiger partial charge in [0, 0.05) is 28.2 Å². The Morgan fingerprint density at radius 3 is 2.65 bits per heavy atom. The number of ether oxygens (including phenoxy) is 1. The number of amides is 2. The number of nitrogens with zero attached hydrogens (tertiary/aromatic N) is 2. The summed E-state index contributed by atoms with van der Waals surface area (Å²) in [5.74, 6) is 0.359. The van der Waals surface area contributed by atoms with Crippen molar-refractivity contribution in [1.29, 1.82) is 0 Å². The van der Waals surface area contributed by atoms with E-state index in [1.807, 2.05) is 54.8 Å². The Morgan fingerprint density at radius 1 is 1.15 bits per heavy atom. The van der Waals surface area contributed by atoms with Crippen LogP contribution >= 0.6 is 11.6 Å². The second-order valence-corrected chi connectivity index (χ2v) is 10.1. The average Bonchev–Trinajstić information content (AvgIpc) is 3.20. The third kappa shape index (κ3) is 3.65. The van der Waals surface area contributed by atoms with Gasteiger partial charge in [-0.3, -0.25) is 14.5 Å². The molecular weight excluding hydrogens is 450 g/mol. The molecule has 1 aliphatic carbocycles. The summed E-state index contributed by atoms with van der Waals surface area (Å²) in [6.45, 7) is 4.08. The van der Waals surface area contributed by atoms with Crippen molar-refractivity contribution in [1.82, 2.24) is 9.88 Å². The number of methoxy groups -OCH3 is 1. The molecule has 1 N–H and O–H groups in total. The van der Waals surface area contributed by atoms with E-state index in [0.717, 1.165) is 42.1 Å². The van der Waals surface area contributed by atoms with Crippen LogP contribution in [0.4, 0.5) is 5.69 Å². The topological polar surface area (TPSA) is 63.6 Å². The maximum atomic E-state index is 14.1. The van der Waals surface area contributed by atoms with Gasteiger partial charge >= 0.3 is 0 Å². The number of carbonyl (C=O) groups is 2. The molecule has 0 spiro atoms. The van der Waals surface area contributed by atoms with Gasteiger partial charge in [-0.15, -0.1) is 0 Å². The Hall–Kier alpha value is -2.99. The van der Waals surface area contributed by atoms with Crippen molar-refractivity contribution in [2.45, 2.75) is 64.1 Å². The average molecular weight is 480 g/mol. The van der Waals surface area contributed by atoms with Crippen LogP contribution in [-0.4, -0.2) is 35.1 Å². The van der Waals surface area contributed by atoms with Crippen molar-refractivity contribution in [3.05, 3.63) is 58.7 Å². The number of carbonyl (C=O) groups excluding carboxylic acids is 2. The van der Waals surface area contributed by atoms with Crippen molar-refractivity contribution in [2.75, 3.05) is 12.0 Å². The molecule has 3 aromatic rings. The molecule has 1 atom stereocenters. The van der Waals surface area contributed by atoms with Crippen LogP contribution in [0.25, 0.3) is 10.9 Å². The van der Waals surface area contributed by atoms with E-state index in [0.29, 0.717) is 28.7 Å². The molecule has 6 nitrogen and oxygen atoms in total. The van der Waals surface area contributed by atoms with Gasteiger partial charge in [-0.25, -0.2) is 0 Å². The molecule has 178 valence electrons. The number of hydrogen-bond donors (Lipinski definition) is 1. The number of hydrogen-bond acceptors (Lipinski definition) is 3. The molecule has 1 aliphatic heterocycles. The van der Waals surface area contributed by atoms with Crippen LogP contribution in [0.1, 0.15) is 55.1 Å². The molecule has 34 heavy (non-hydrogen) atoms. The number of anilines is 1. The number of aromatic nitrogens is 1. The molecule has 7 heteroatoms. The van der Waals surface area contributed by atoms with E-state index in [2.05, 4.69) is 5.32 Å². The molecule has 1 saturated carbocycles. The van der Waals surface area contributed by atoms with Crippen molar-refractivity contribution < 1.29 is 14.3 Å². The predicted molar refractivity (Wildman–Crippen MR) is 135 cm³/mol. The van der Waals surface area contributed by atoms with E-state index in [4.69, 9.17) is 16.3 Å². The van der Waals surface area contributed by atoms with Gasteiger partial charge in [-0.2, -0.15) is 0 Å². The van der Waals surface area contributed by atoms with Gasteiger partial charge in [0.2, 0.25) is 5.91 Å². The number of halogens is 1. The minimum Gasteiger partial charge on any atom is -0.497 e. The molecule has 0 bridgehead atoms. The number of benzene rings is 2. The fourth-order valence-corrected chi connectivity index (χ4v) is 5.57. The lowest BCUT2D eigenvalue weighted by molar-refractivity contribution is -0.127. The summed E-state index contributed by atoms with van der Waals surface area (Å²) in [4.78, 5) is 29.6. The van der Waals surface area contributed by atoms with E-state index in [1.54, 1.807) is 18.1 Å². The first-order valence-corrected chi connectivity index (χ1v) is 12.3. The van der Waals surface area contributed by atoms with E-state index in [1.165, 1.54) is 6.42 Å². The summed E-state index contributed by atoms with van der Waals surface area (Å²) < 4.78 is 7.38. The first-order chi connectivity index (χ1) is 16.3. The molecule has 0 radical (unpaired) electrons. The lowest BCUT2D eigenvalue weighted by Crippen LogP contribution is -2.65. The second-order valence-electron chi connectivity index (χ2n) is 9.65. The summed E-state index contributed by atoms with van der Waals surface area (Å²) in [5.41, 5.74) is 1.73. The number of rotatable bonds is 4. The van der Waals surface area contributed by atoms with Gasteiger partial charge in [-0.05, 0) is 62.6 Å². The van der Waals surface area contributed by atoms with Gasteiger partial charge in [0.25, 0.3) is 5.91 Å². The molecule has 1 unspecified atom stereocenters. The van der Waals surface area contributed by atoms with E-state index in [9.17, 15) is 9.59 Å². The van der Waals surface area contributed by atoms with E-state index >= 15 is 0 Å². The fraction of sp³-hybridized carbons (Fsp3) is 0.407. The molecule has 0 saturated heterocycles. The van der Waals surface area contributed by atoms with Crippen LogP contribution in [0, 0.1) is 6.92 Å². The Labute approximate surface area is 204 Å². The quantitative estimate of drug-likeness (QED) is 0.539. The molecule has 2 amide bonds. The molecule has 1 fully saturated rings. The SMILES string of the molecule is COc1ccc2cc3n(c2c1)CC(C)(C(=O)NC1CCCCC1)N(c1cccc(Cl)c1C)C3=O. The maximum Gasteiger partial charge on any atom is 0.275 e. The Kier molecular flexibility index (Phi) is 5.80. The van der Waals surface area contributed by atoms with Gasteiger partial charge in [0.1, 0.15) is 17.0 Å². The highest BCUT2D eigenvalue weighted by molar-refractivity contribution is 6.32. The predicted octanol–water partition coefficient (Wildman–Crippen LogP) is 5.48. The summed E-state index contributed by atoms with van der Waals surface area (Å²) in [6.07, 6.45) is 5.38. The zero-order valence-corrected chi connectivity index (χ0v) is 20.6. The van der Waals surface area contributed by atoms with Crippen molar-refractivity contribution >= 4 is 40.0 Å². The van der Waals surface area contributed by atoms with Crippen LogP contribution in [0.5, 0.6) is 5.75 Å². The fourth-order valence-electron chi connectivity index (χ4n) is 5.40. The first kappa shape index (κ1) is 22.8. The number of nitrogens with one attached hydrogen (secondary N) is 1. The third-order valence-corrected chi connectivity index (χ3v) is 7.81. The normalized spacial score (nSPS) is 20.9. The van der Waals surface area contributed by atoms with Gasteiger partial charge in [0.05, 0.1) is 19.2 Å². The maximum absolute atomic E-state index is 14.1. The first-order valence-electron chi connectivity index (χ1n) is 11.9. The highest BCUT2D eigenvalue weighted by atomic mass is 35.5. The molecule has 1 aromatic heterocycles. The Balaban J connectivity index is 1.66. The van der Waals surface area contributed by atoms with Crippen LogP contribution < -0.4 is 15.0 Å². The minimum atomic E-state index is -1.13. The summed E-state index contributed by atoms with van der Waals surface area (Å²) in [5, 5.41) is 4.77. The summed E-state index contributed by atoms with van der Waals surface area (Å²) in [7, 11) is 1.62. The van der Waals surface area contributed by atoms with Gasteiger partial charge in [0.15, 0.2) is 0 Å². The minimum absolute atomic E-state index is 0.137. The van der Waals surface area contributed by atoms with Gasteiger partial charge in [-0.1, -0.05) is 36.9 Å². The molecular formula is C27H30ClN3O3. The van der Waals surface area contributed by atoms with Crippen LogP contribution in [0.3, 0.4) is 0 Å². The van der Waals surface area contributed by atoms with Crippen LogP contribution in [0.15, 0.2) is 42.5 Å². The largest absolute Gasteiger partial charge is 0.497 e. The highest BCUT2D eigenvalue weighted by Gasteiger charge is 2.49. The second kappa shape index (κ2) is 8.66. The van der Waals surface area contributed by atoms with Crippen molar-refractivity contribution in [2.24, 2.45) is 0 Å². The monoisotopic (exact) mass is 479 g/mol. The van der Waals surface area contributed by atoms with Crippen molar-refractivity contribution in [3.63, 3.8) is 0 Å². The third-order valence-electron chi connectivity index (χ3n) is 7.40. The summed E-state index contributed by atoms with van der Waals surface area (Å²) >= 11 is 6.45. The zero-order chi connectivity index (χ0) is 24.0. The zero-order valence-electron chi connectivity index (χ0n) is 19.9. The molecule has 2 aromatic carbocycles. The Bertz CT molecular complexity index is 1280. The van der Waals surface area contributed by atoms with E-state index < -0.39 is 5.54 Å². The number of fused-ring (bicyclic) bond motifs is 3. The smallest absolute Gasteiger partial charge is 0.275 e. The molecule has 2 aliphatic rings. The summed E-state index contributed by atoms with van der Waals surface area (Å²) in [6, 6.07) is 13.3. The lowest BCUT2D eigenvalue weighted by atomic mass is 9.90. The highest BCUT2D eigenvalue weighted by Crippen LogP contribution is 2.39. The standard InChI is InChI=1S/C27H30ClN3O3/c1-17-21(28)10-7-11-22(17)31-25(32)24-14-18-12-13-20(34-3)15-23(18)30(24)16-27(31,2)26(33)29-19-8-5-4-6-9-19/h7,10-15,19H,4-6,8-9,16H2,1-3H3,(H,29,33). The van der Waals surface area contributed by atoms with Gasteiger partial charge < -0.3 is 14.6 Å². The van der Waals surface area contributed by atoms with E-state index in [-0.39, 0.29) is 17.9 Å². The molecule has 2 heterocycles.